The molecule has 2 nitrogen and oxygen atoms in total. The van der Waals surface area contributed by atoms with Gasteiger partial charge in [-0.25, -0.2) is 0 Å². The fraction of sp³-hybridized carbons (Fsp3) is 0. The van der Waals surface area contributed by atoms with Crippen LogP contribution in [0.1, 0.15) is 0 Å². The van der Waals surface area contributed by atoms with Gasteiger partial charge in [-0.3, -0.25) is 0 Å². The maximum absolute atomic E-state index is 6.96. The summed E-state index contributed by atoms with van der Waals surface area (Å²) in [6.07, 6.45) is 0. The van der Waals surface area contributed by atoms with E-state index in [1.807, 2.05) is 11.3 Å². The molecule has 0 aliphatic heterocycles. The van der Waals surface area contributed by atoms with E-state index in [4.69, 9.17) is 4.42 Å². The Morgan fingerprint density at radius 1 is 0.400 bits per heavy atom. The lowest BCUT2D eigenvalue weighted by atomic mass is 9.94. The first-order valence-corrected chi connectivity index (χ1v) is 19.5. The van der Waals surface area contributed by atoms with Crippen molar-refractivity contribution in [1.82, 2.24) is 0 Å². The Hall–Kier alpha value is -6.94. The highest BCUT2D eigenvalue weighted by Crippen LogP contribution is 2.48. The number of thiophene rings is 1. The molecule has 0 saturated carbocycles. The zero-order chi connectivity index (χ0) is 36.3. The number of hydrogen-bond donors (Lipinski definition) is 0. The molecular weight excluding hydrogens is 687 g/mol. The molecule has 55 heavy (non-hydrogen) atoms. The number of rotatable bonds is 6. The third-order valence-electron chi connectivity index (χ3n) is 10.9. The third-order valence-corrected chi connectivity index (χ3v) is 12.1. The van der Waals surface area contributed by atoms with Crippen molar-refractivity contribution in [3.05, 3.63) is 200 Å². The van der Waals surface area contributed by atoms with Crippen LogP contribution in [0, 0.1) is 0 Å². The number of furan rings is 1. The minimum Gasteiger partial charge on any atom is -0.455 e. The molecule has 9 aromatic carbocycles. The average molecular weight is 720 g/mol. The van der Waals surface area contributed by atoms with Crippen LogP contribution in [0.25, 0.3) is 86.3 Å². The molecule has 2 aromatic heterocycles. The topological polar surface area (TPSA) is 16.4 Å². The Labute approximate surface area is 322 Å². The second-order valence-electron chi connectivity index (χ2n) is 14.0. The van der Waals surface area contributed by atoms with Crippen molar-refractivity contribution < 1.29 is 4.42 Å². The molecule has 258 valence electrons. The fourth-order valence-corrected chi connectivity index (χ4v) is 9.53. The molecule has 0 atom stereocenters. The van der Waals surface area contributed by atoms with Crippen molar-refractivity contribution >= 4 is 81.3 Å². The summed E-state index contributed by atoms with van der Waals surface area (Å²) in [5, 5.41) is 7.16. The van der Waals surface area contributed by atoms with E-state index in [0.717, 1.165) is 50.1 Å². The molecule has 11 rings (SSSR count). The van der Waals surface area contributed by atoms with Gasteiger partial charge in [-0.1, -0.05) is 152 Å². The molecule has 0 fully saturated rings. The zero-order valence-corrected chi connectivity index (χ0v) is 30.6. The van der Waals surface area contributed by atoms with Crippen LogP contribution >= 0.6 is 11.3 Å². The highest BCUT2D eigenvalue weighted by Gasteiger charge is 2.22. The van der Waals surface area contributed by atoms with Crippen LogP contribution < -0.4 is 4.90 Å². The summed E-state index contributed by atoms with van der Waals surface area (Å²) < 4.78 is 9.54. The number of para-hydroxylation sites is 1. The number of anilines is 3. The van der Waals surface area contributed by atoms with Gasteiger partial charge in [0.25, 0.3) is 0 Å². The number of hydrogen-bond acceptors (Lipinski definition) is 3. The molecule has 0 aliphatic rings. The van der Waals surface area contributed by atoms with E-state index < -0.39 is 0 Å². The van der Waals surface area contributed by atoms with Gasteiger partial charge < -0.3 is 9.32 Å². The largest absolute Gasteiger partial charge is 0.455 e. The molecule has 0 bridgehead atoms. The van der Waals surface area contributed by atoms with E-state index in [1.165, 1.54) is 53.2 Å². The molecule has 0 radical (unpaired) electrons. The molecule has 0 spiro atoms. The van der Waals surface area contributed by atoms with Crippen molar-refractivity contribution in [1.29, 1.82) is 0 Å². The second kappa shape index (κ2) is 12.9. The number of nitrogens with zero attached hydrogens (tertiary/aromatic N) is 1. The van der Waals surface area contributed by atoms with Crippen LogP contribution in [0.4, 0.5) is 17.1 Å². The maximum Gasteiger partial charge on any atom is 0.143 e. The highest BCUT2D eigenvalue weighted by molar-refractivity contribution is 7.26. The predicted molar refractivity (Wildman–Crippen MR) is 235 cm³/mol. The molecule has 2 heterocycles. The minimum absolute atomic E-state index is 0.870. The monoisotopic (exact) mass is 719 g/mol. The van der Waals surface area contributed by atoms with Crippen molar-refractivity contribution in [3.63, 3.8) is 0 Å². The van der Waals surface area contributed by atoms with Gasteiger partial charge in [0, 0.05) is 59.0 Å². The molecule has 0 aliphatic carbocycles. The van der Waals surface area contributed by atoms with E-state index >= 15 is 0 Å². The van der Waals surface area contributed by atoms with Crippen molar-refractivity contribution in [2.75, 3.05) is 4.90 Å². The summed E-state index contributed by atoms with van der Waals surface area (Å²) in [5.74, 6) is 0. The first-order chi connectivity index (χ1) is 27.3. The fourth-order valence-electron chi connectivity index (χ4n) is 8.30. The standard InChI is InChI=1S/C52H33NOS/c1-3-14-34(15-4-1)35-26-28-38(29-27-35)53(47-24-11-9-19-40(47)36-16-5-2-6-17-36)39-30-31-48-45(33-39)46-32-37-18-7-8-20-41(37)50(51(46)54-48)44-23-13-22-43-42-21-10-12-25-49(42)55-52(43)44/h1-33H. The van der Waals surface area contributed by atoms with Crippen LogP contribution in [0.2, 0.25) is 0 Å². The first-order valence-electron chi connectivity index (χ1n) is 18.7. The van der Waals surface area contributed by atoms with Crippen LogP contribution in [0.15, 0.2) is 205 Å². The van der Waals surface area contributed by atoms with Gasteiger partial charge in [-0.05, 0) is 76.0 Å². The predicted octanol–water partition coefficient (Wildman–Crippen LogP) is 15.6. The lowest BCUT2D eigenvalue weighted by Crippen LogP contribution is -2.11. The Morgan fingerprint density at radius 3 is 1.87 bits per heavy atom. The minimum atomic E-state index is 0.870. The lowest BCUT2D eigenvalue weighted by Gasteiger charge is -2.28. The lowest BCUT2D eigenvalue weighted by molar-refractivity contribution is 0.670. The van der Waals surface area contributed by atoms with Gasteiger partial charge in [0.2, 0.25) is 0 Å². The summed E-state index contributed by atoms with van der Waals surface area (Å²) in [4.78, 5) is 2.38. The molecule has 0 N–H and O–H groups in total. The Balaban J connectivity index is 1.15. The summed E-state index contributed by atoms with van der Waals surface area (Å²) in [6, 6.07) is 72.0. The molecule has 3 heteroatoms. The van der Waals surface area contributed by atoms with Gasteiger partial charge in [-0.2, -0.15) is 0 Å². The Kier molecular flexibility index (Phi) is 7.39. The molecule has 0 amide bonds. The van der Waals surface area contributed by atoms with E-state index in [9.17, 15) is 0 Å². The van der Waals surface area contributed by atoms with Crippen molar-refractivity contribution in [3.8, 4) is 33.4 Å². The van der Waals surface area contributed by atoms with E-state index in [0.29, 0.717) is 0 Å². The highest BCUT2D eigenvalue weighted by atomic mass is 32.1. The zero-order valence-electron chi connectivity index (χ0n) is 29.8. The van der Waals surface area contributed by atoms with Gasteiger partial charge in [0.05, 0.1) is 5.69 Å². The number of fused-ring (bicyclic) bond motifs is 7. The van der Waals surface area contributed by atoms with Crippen LogP contribution in [-0.4, -0.2) is 0 Å². The molecule has 0 unspecified atom stereocenters. The molecular formula is C52H33NOS. The van der Waals surface area contributed by atoms with Crippen LogP contribution in [0.5, 0.6) is 0 Å². The normalized spacial score (nSPS) is 11.6. The smallest absolute Gasteiger partial charge is 0.143 e. The summed E-state index contributed by atoms with van der Waals surface area (Å²) in [6.45, 7) is 0. The average Bonchev–Trinajstić information content (AvgIpc) is 3.82. The van der Waals surface area contributed by atoms with Crippen LogP contribution in [0.3, 0.4) is 0 Å². The van der Waals surface area contributed by atoms with Crippen molar-refractivity contribution in [2.24, 2.45) is 0 Å². The van der Waals surface area contributed by atoms with E-state index in [2.05, 4.69) is 205 Å². The molecule has 0 saturated heterocycles. The third kappa shape index (κ3) is 5.24. The summed E-state index contributed by atoms with van der Waals surface area (Å²) in [7, 11) is 0. The van der Waals surface area contributed by atoms with Crippen molar-refractivity contribution in [2.45, 2.75) is 0 Å². The van der Waals surface area contributed by atoms with Gasteiger partial charge in [-0.15, -0.1) is 11.3 Å². The SMILES string of the molecule is c1ccc(-c2ccc(N(c3ccc4oc5c(-c6cccc7c6sc6ccccc67)c6ccccc6cc5c4c3)c3ccccc3-c3ccccc3)cc2)cc1. The second-order valence-corrected chi connectivity index (χ2v) is 15.1. The van der Waals surface area contributed by atoms with Crippen LogP contribution in [-0.2, 0) is 0 Å². The first kappa shape index (κ1) is 31.6. The number of benzene rings is 9. The van der Waals surface area contributed by atoms with Gasteiger partial charge in [0.1, 0.15) is 11.2 Å². The van der Waals surface area contributed by atoms with E-state index in [1.54, 1.807) is 0 Å². The Morgan fingerprint density at radius 2 is 1.04 bits per heavy atom. The quantitative estimate of drug-likeness (QED) is 0.170. The summed E-state index contributed by atoms with van der Waals surface area (Å²) in [5.41, 5.74) is 12.1. The molecule has 11 aromatic rings. The summed E-state index contributed by atoms with van der Waals surface area (Å²) >= 11 is 1.86. The van der Waals surface area contributed by atoms with E-state index in [-0.39, 0.29) is 0 Å². The maximum atomic E-state index is 6.96. The van der Waals surface area contributed by atoms with Gasteiger partial charge >= 0.3 is 0 Å². The Bertz CT molecular complexity index is 3190. The van der Waals surface area contributed by atoms with Gasteiger partial charge in [0.15, 0.2) is 0 Å².